The van der Waals surface area contributed by atoms with E-state index in [-0.39, 0.29) is 37.4 Å². The summed E-state index contributed by atoms with van der Waals surface area (Å²) >= 11 is 0. The van der Waals surface area contributed by atoms with Crippen molar-refractivity contribution in [3.63, 3.8) is 0 Å². The molecule has 9 nitrogen and oxygen atoms in total. The molecule has 0 radical (unpaired) electrons. The molecule has 0 aliphatic rings. The summed E-state index contributed by atoms with van der Waals surface area (Å²) in [5.41, 5.74) is 5.94. The monoisotopic (exact) mass is 479 g/mol. The lowest BCUT2D eigenvalue weighted by atomic mass is 9.97. The fourth-order valence-electron chi connectivity index (χ4n) is 2.67. The molecule has 0 bridgehead atoms. The second kappa shape index (κ2) is 13.7. The molecule has 190 valence electrons. The summed E-state index contributed by atoms with van der Waals surface area (Å²) in [6.07, 6.45) is 1.07. The highest BCUT2D eigenvalue weighted by molar-refractivity contribution is 5.78. The summed E-state index contributed by atoms with van der Waals surface area (Å²) in [4.78, 5) is 48.2. The Labute approximate surface area is 201 Å². The second-order valence-corrected chi connectivity index (χ2v) is 9.14. The first-order valence-electron chi connectivity index (χ1n) is 11.5. The lowest BCUT2D eigenvalue weighted by Crippen LogP contribution is -2.37. The number of hydrogen-bond donors (Lipinski definition) is 1. The summed E-state index contributed by atoms with van der Waals surface area (Å²) in [6, 6.07) is 3.65. The van der Waals surface area contributed by atoms with Gasteiger partial charge in [0.15, 0.2) is 11.5 Å². The van der Waals surface area contributed by atoms with Gasteiger partial charge in [-0.25, -0.2) is 0 Å². The number of esters is 4. The minimum Gasteiger partial charge on any atom is -0.461 e. The maximum Gasteiger partial charge on any atom is 0.323 e. The zero-order valence-corrected chi connectivity index (χ0v) is 21.0. The number of ether oxygens (including phenoxy) is 4. The molecule has 0 fully saturated rings. The van der Waals surface area contributed by atoms with Crippen molar-refractivity contribution in [2.75, 3.05) is 6.61 Å². The Hall–Kier alpha value is -2.94. The van der Waals surface area contributed by atoms with Gasteiger partial charge in [0, 0.05) is 12.8 Å². The van der Waals surface area contributed by atoms with E-state index in [1.807, 2.05) is 13.8 Å². The van der Waals surface area contributed by atoms with E-state index >= 15 is 0 Å². The zero-order valence-electron chi connectivity index (χ0n) is 21.0. The van der Waals surface area contributed by atoms with E-state index in [2.05, 4.69) is 0 Å². The molecule has 1 rings (SSSR count). The first kappa shape index (κ1) is 29.1. The molecule has 0 amide bonds. The molecule has 0 spiro atoms. The van der Waals surface area contributed by atoms with Crippen LogP contribution in [0.5, 0.6) is 11.5 Å². The molecule has 0 heterocycles. The van der Waals surface area contributed by atoms with E-state index in [9.17, 15) is 19.2 Å². The molecule has 2 atom stereocenters. The minimum absolute atomic E-state index is 0.0794. The standard InChI is InChI=1S/C25H37NO8/c1-7-9-21(27)33-19-12-11-17(14-20(19)34-22(28)10-8-2)13-18(26)23(29)32-16(3)15-31-24(30)25(4,5)6/h11-12,14,16,18H,7-10,13,15,26H2,1-6H3/t16-,18-/m0/s1. The van der Waals surface area contributed by atoms with Crippen LogP contribution in [-0.2, 0) is 35.1 Å². The number of benzene rings is 1. The van der Waals surface area contributed by atoms with E-state index in [0.29, 0.717) is 18.4 Å². The summed E-state index contributed by atoms with van der Waals surface area (Å²) in [5.74, 6) is -1.76. The first-order valence-corrected chi connectivity index (χ1v) is 11.5. The van der Waals surface area contributed by atoms with Crippen LogP contribution in [0.25, 0.3) is 0 Å². The fourth-order valence-corrected chi connectivity index (χ4v) is 2.67. The highest BCUT2D eigenvalue weighted by Gasteiger charge is 2.25. The van der Waals surface area contributed by atoms with Gasteiger partial charge in [0.25, 0.3) is 0 Å². The van der Waals surface area contributed by atoms with Gasteiger partial charge in [0.05, 0.1) is 5.41 Å². The van der Waals surface area contributed by atoms with Gasteiger partial charge in [-0.05, 0) is 64.7 Å². The van der Waals surface area contributed by atoms with Gasteiger partial charge in [-0.2, -0.15) is 0 Å². The lowest BCUT2D eigenvalue weighted by Gasteiger charge is -2.20. The highest BCUT2D eigenvalue weighted by atomic mass is 16.6. The third-order valence-corrected chi connectivity index (χ3v) is 4.50. The number of carbonyl (C=O) groups is 4. The summed E-state index contributed by atoms with van der Waals surface area (Å²) in [7, 11) is 0. The summed E-state index contributed by atoms with van der Waals surface area (Å²) in [5, 5.41) is 0. The van der Waals surface area contributed by atoms with Crippen LogP contribution in [0.2, 0.25) is 0 Å². The normalized spacial score (nSPS) is 12.9. The molecule has 0 saturated carbocycles. The van der Waals surface area contributed by atoms with Crippen molar-refractivity contribution in [3.8, 4) is 11.5 Å². The minimum atomic E-state index is -1.01. The SMILES string of the molecule is CCCC(=O)Oc1ccc(C[C@H](N)C(=O)O[C@@H](C)COC(=O)C(C)(C)C)cc1OC(=O)CCC. The highest BCUT2D eigenvalue weighted by Crippen LogP contribution is 2.30. The Morgan fingerprint density at radius 1 is 0.941 bits per heavy atom. The van der Waals surface area contributed by atoms with Crippen molar-refractivity contribution in [1.29, 1.82) is 0 Å². The Kier molecular flexibility index (Phi) is 11.7. The zero-order chi connectivity index (χ0) is 25.9. The average molecular weight is 480 g/mol. The molecular formula is C25H37NO8. The van der Waals surface area contributed by atoms with E-state index in [0.717, 1.165) is 0 Å². The van der Waals surface area contributed by atoms with Crippen LogP contribution >= 0.6 is 0 Å². The average Bonchev–Trinajstić information content (AvgIpc) is 2.73. The van der Waals surface area contributed by atoms with Crippen LogP contribution in [-0.4, -0.2) is 42.6 Å². The third kappa shape index (κ3) is 10.3. The fraction of sp³-hybridized carbons (Fsp3) is 0.600. The number of hydrogen-bond acceptors (Lipinski definition) is 9. The van der Waals surface area contributed by atoms with Crippen molar-refractivity contribution in [2.45, 2.75) is 85.8 Å². The summed E-state index contributed by atoms with van der Waals surface area (Å²) < 4.78 is 21.1. The number of rotatable bonds is 12. The molecule has 2 N–H and O–H groups in total. The Morgan fingerprint density at radius 2 is 1.50 bits per heavy atom. The predicted molar refractivity (Wildman–Crippen MR) is 125 cm³/mol. The molecule has 0 aliphatic heterocycles. The molecule has 0 aromatic heterocycles. The molecule has 0 saturated heterocycles. The summed E-state index contributed by atoms with van der Waals surface area (Å²) in [6.45, 7) is 10.4. The largest absolute Gasteiger partial charge is 0.461 e. The Bertz CT molecular complexity index is 859. The van der Waals surface area contributed by atoms with Crippen molar-refractivity contribution in [1.82, 2.24) is 0 Å². The van der Waals surface area contributed by atoms with E-state index in [4.69, 9.17) is 24.7 Å². The Balaban J connectivity index is 2.83. The van der Waals surface area contributed by atoms with Crippen LogP contribution in [0.3, 0.4) is 0 Å². The van der Waals surface area contributed by atoms with Crippen LogP contribution < -0.4 is 15.2 Å². The van der Waals surface area contributed by atoms with E-state index < -0.39 is 41.4 Å². The van der Waals surface area contributed by atoms with Crippen LogP contribution in [0.1, 0.15) is 72.8 Å². The molecule has 9 heteroatoms. The quantitative estimate of drug-likeness (QED) is 0.353. The topological polar surface area (TPSA) is 131 Å². The van der Waals surface area contributed by atoms with Gasteiger partial charge in [0.1, 0.15) is 18.8 Å². The maximum absolute atomic E-state index is 12.4. The van der Waals surface area contributed by atoms with Crippen molar-refractivity contribution < 1.29 is 38.1 Å². The number of nitrogens with two attached hydrogens (primary N) is 1. The van der Waals surface area contributed by atoms with Gasteiger partial charge in [0.2, 0.25) is 0 Å². The molecular weight excluding hydrogens is 442 g/mol. The second-order valence-electron chi connectivity index (χ2n) is 9.14. The van der Waals surface area contributed by atoms with Gasteiger partial charge in [-0.15, -0.1) is 0 Å². The predicted octanol–water partition coefficient (Wildman–Crippen LogP) is 3.49. The van der Waals surface area contributed by atoms with Crippen molar-refractivity contribution >= 4 is 23.9 Å². The van der Waals surface area contributed by atoms with E-state index in [1.54, 1.807) is 33.8 Å². The molecule has 1 aromatic carbocycles. The molecule has 0 unspecified atom stereocenters. The van der Waals surface area contributed by atoms with Crippen molar-refractivity contribution in [2.24, 2.45) is 11.1 Å². The van der Waals surface area contributed by atoms with Gasteiger partial charge < -0.3 is 24.7 Å². The molecule has 34 heavy (non-hydrogen) atoms. The van der Waals surface area contributed by atoms with Gasteiger partial charge in [-0.3, -0.25) is 19.2 Å². The van der Waals surface area contributed by atoms with Crippen LogP contribution in [0.15, 0.2) is 18.2 Å². The van der Waals surface area contributed by atoms with E-state index in [1.165, 1.54) is 12.1 Å². The smallest absolute Gasteiger partial charge is 0.323 e. The molecule has 0 aliphatic carbocycles. The van der Waals surface area contributed by atoms with Gasteiger partial charge in [-0.1, -0.05) is 19.9 Å². The Morgan fingerprint density at radius 3 is 2.03 bits per heavy atom. The molecule has 1 aromatic rings. The third-order valence-electron chi connectivity index (χ3n) is 4.50. The van der Waals surface area contributed by atoms with Crippen LogP contribution in [0, 0.1) is 5.41 Å². The van der Waals surface area contributed by atoms with Gasteiger partial charge >= 0.3 is 23.9 Å². The maximum atomic E-state index is 12.4. The van der Waals surface area contributed by atoms with Crippen LogP contribution in [0.4, 0.5) is 0 Å². The lowest BCUT2D eigenvalue weighted by molar-refractivity contribution is -0.163. The number of carbonyl (C=O) groups excluding carboxylic acids is 4. The first-order chi connectivity index (χ1) is 15.9. The van der Waals surface area contributed by atoms with Crippen molar-refractivity contribution in [3.05, 3.63) is 23.8 Å².